The van der Waals surface area contributed by atoms with Crippen LogP contribution in [0.5, 0.6) is 0 Å². The first kappa shape index (κ1) is 11.3. The molecule has 0 radical (unpaired) electrons. The summed E-state index contributed by atoms with van der Waals surface area (Å²) in [6.07, 6.45) is 3.47. The quantitative estimate of drug-likeness (QED) is 0.793. The molecule has 0 unspecified atom stereocenters. The lowest BCUT2D eigenvalue weighted by molar-refractivity contribution is -0.114. The maximum atomic E-state index is 11.3. The van der Waals surface area contributed by atoms with Gasteiger partial charge in [0.25, 0.3) is 0 Å². The number of anilines is 1. The van der Waals surface area contributed by atoms with E-state index in [4.69, 9.17) is 0 Å². The molecule has 0 saturated carbocycles. The minimum absolute atomic E-state index is 0.287. The van der Waals surface area contributed by atoms with Gasteiger partial charge in [-0.2, -0.15) is 0 Å². The van der Waals surface area contributed by atoms with Crippen LogP contribution in [0.15, 0.2) is 42.1 Å². The first-order chi connectivity index (χ1) is 8.83. The number of rotatable bonds is 2. The van der Waals surface area contributed by atoms with Gasteiger partial charge in [0.05, 0.1) is 0 Å². The van der Waals surface area contributed by atoms with E-state index in [0.717, 1.165) is 32.6 Å². The van der Waals surface area contributed by atoms with Crippen LogP contribution in [0.25, 0.3) is 0 Å². The Labute approximate surface area is 108 Å². The summed E-state index contributed by atoms with van der Waals surface area (Å²) in [4.78, 5) is 16.0. The van der Waals surface area contributed by atoms with Crippen molar-refractivity contribution in [3.8, 4) is 0 Å². The smallest absolute Gasteiger partial charge is 0.157 e. The largest absolute Gasteiger partial charge is 0.371 e. The van der Waals surface area contributed by atoms with Gasteiger partial charge in [-0.05, 0) is 18.6 Å². The fourth-order valence-electron chi connectivity index (χ4n) is 2.72. The maximum Gasteiger partial charge on any atom is 0.157 e. The lowest BCUT2D eigenvalue weighted by Crippen LogP contribution is -2.45. The van der Waals surface area contributed by atoms with Crippen LogP contribution in [-0.4, -0.2) is 36.9 Å². The highest BCUT2D eigenvalue weighted by atomic mass is 16.1. The lowest BCUT2D eigenvalue weighted by Gasteiger charge is -2.37. The summed E-state index contributed by atoms with van der Waals surface area (Å²) in [5.74, 6) is 0.287. The van der Waals surface area contributed by atoms with E-state index in [1.165, 1.54) is 11.4 Å². The topological polar surface area (TPSA) is 23.6 Å². The van der Waals surface area contributed by atoms with Crippen molar-refractivity contribution in [1.29, 1.82) is 0 Å². The molecule has 2 aliphatic rings. The van der Waals surface area contributed by atoms with Gasteiger partial charge in [0.15, 0.2) is 5.78 Å². The van der Waals surface area contributed by atoms with Gasteiger partial charge in [-0.3, -0.25) is 4.79 Å². The highest BCUT2D eigenvalue weighted by Gasteiger charge is 2.22. The van der Waals surface area contributed by atoms with E-state index >= 15 is 0 Å². The number of para-hydroxylation sites is 1. The van der Waals surface area contributed by atoms with Crippen molar-refractivity contribution in [2.24, 2.45) is 0 Å². The van der Waals surface area contributed by atoms with E-state index < -0.39 is 0 Å². The molecule has 94 valence electrons. The standard InChI is InChI=1S/C15H18N2O/c18-15-7-6-14(12-15)17-10-8-16(9-11-17)13-4-2-1-3-5-13/h1-5,12H,6-11H2. The molecule has 3 nitrogen and oxygen atoms in total. The summed E-state index contributed by atoms with van der Waals surface area (Å²) in [5, 5.41) is 0. The zero-order valence-electron chi connectivity index (χ0n) is 10.5. The molecule has 0 spiro atoms. The molecule has 1 aromatic rings. The van der Waals surface area contributed by atoms with Crippen LogP contribution in [0, 0.1) is 0 Å². The van der Waals surface area contributed by atoms with Crippen molar-refractivity contribution < 1.29 is 4.79 Å². The van der Waals surface area contributed by atoms with Gasteiger partial charge in [0, 0.05) is 50.1 Å². The maximum absolute atomic E-state index is 11.3. The van der Waals surface area contributed by atoms with Crippen LogP contribution in [0.2, 0.25) is 0 Å². The molecule has 1 saturated heterocycles. The molecule has 1 heterocycles. The third-order valence-corrected chi connectivity index (χ3v) is 3.76. The van der Waals surface area contributed by atoms with Crippen LogP contribution < -0.4 is 4.90 Å². The van der Waals surface area contributed by atoms with E-state index in [-0.39, 0.29) is 5.78 Å². The highest BCUT2D eigenvalue weighted by molar-refractivity contribution is 5.92. The summed E-state index contributed by atoms with van der Waals surface area (Å²) in [5.41, 5.74) is 2.54. The average Bonchev–Trinajstić information content (AvgIpc) is 2.87. The first-order valence-corrected chi connectivity index (χ1v) is 6.61. The van der Waals surface area contributed by atoms with Gasteiger partial charge >= 0.3 is 0 Å². The van der Waals surface area contributed by atoms with Crippen molar-refractivity contribution in [3.63, 3.8) is 0 Å². The van der Waals surface area contributed by atoms with Gasteiger partial charge in [-0.25, -0.2) is 0 Å². The zero-order chi connectivity index (χ0) is 12.4. The Hall–Kier alpha value is -1.77. The predicted molar refractivity (Wildman–Crippen MR) is 72.6 cm³/mol. The molecule has 0 atom stereocenters. The molecule has 0 amide bonds. The fraction of sp³-hybridized carbons (Fsp3) is 0.400. The average molecular weight is 242 g/mol. The molecule has 0 bridgehead atoms. The Bertz CT molecular complexity index is 459. The normalized spacial score (nSPS) is 20.2. The van der Waals surface area contributed by atoms with Gasteiger partial charge in [-0.1, -0.05) is 18.2 Å². The minimum Gasteiger partial charge on any atom is -0.371 e. The van der Waals surface area contributed by atoms with Crippen molar-refractivity contribution in [2.75, 3.05) is 31.1 Å². The Morgan fingerprint density at radius 1 is 0.833 bits per heavy atom. The molecular formula is C15H18N2O. The molecule has 18 heavy (non-hydrogen) atoms. The van der Waals surface area contributed by atoms with E-state index in [1.54, 1.807) is 0 Å². The van der Waals surface area contributed by atoms with Crippen molar-refractivity contribution in [1.82, 2.24) is 4.90 Å². The van der Waals surface area contributed by atoms with E-state index in [1.807, 2.05) is 6.08 Å². The summed E-state index contributed by atoms with van der Waals surface area (Å²) < 4.78 is 0. The first-order valence-electron chi connectivity index (χ1n) is 6.61. The van der Waals surface area contributed by atoms with Crippen molar-refractivity contribution in [3.05, 3.63) is 42.1 Å². The Morgan fingerprint density at radius 3 is 2.11 bits per heavy atom. The molecule has 0 aromatic heterocycles. The number of ketones is 1. The Kier molecular flexibility index (Phi) is 3.05. The van der Waals surface area contributed by atoms with Gasteiger partial charge in [0.1, 0.15) is 0 Å². The monoisotopic (exact) mass is 242 g/mol. The van der Waals surface area contributed by atoms with E-state index in [2.05, 4.69) is 40.1 Å². The molecule has 1 aliphatic carbocycles. The van der Waals surface area contributed by atoms with Crippen LogP contribution in [0.3, 0.4) is 0 Å². The SMILES string of the molecule is O=C1C=C(N2CCN(c3ccccc3)CC2)CC1. The summed E-state index contributed by atoms with van der Waals surface area (Å²) in [6.45, 7) is 4.12. The molecular weight excluding hydrogens is 224 g/mol. The molecule has 1 aromatic carbocycles. The second kappa shape index (κ2) is 4.84. The molecule has 1 fully saturated rings. The zero-order valence-corrected chi connectivity index (χ0v) is 10.5. The van der Waals surface area contributed by atoms with Crippen LogP contribution in [0.4, 0.5) is 5.69 Å². The van der Waals surface area contributed by atoms with Crippen LogP contribution >= 0.6 is 0 Å². The fourth-order valence-corrected chi connectivity index (χ4v) is 2.72. The number of carbonyl (C=O) groups is 1. The second-order valence-electron chi connectivity index (χ2n) is 4.91. The van der Waals surface area contributed by atoms with Gasteiger partial charge in [0.2, 0.25) is 0 Å². The van der Waals surface area contributed by atoms with Crippen LogP contribution in [-0.2, 0) is 4.79 Å². The number of benzene rings is 1. The summed E-state index contributed by atoms with van der Waals surface area (Å²) >= 11 is 0. The van der Waals surface area contributed by atoms with Crippen LogP contribution in [0.1, 0.15) is 12.8 Å². The number of hydrogen-bond acceptors (Lipinski definition) is 3. The Morgan fingerprint density at radius 2 is 1.50 bits per heavy atom. The number of hydrogen-bond donors (Lipinski definition) is 0. The lowest BCUT2D eigenvalue weighted by atomic mass is 10.2. The number of piperazine rings is 1. The third-order valence-electron chi connectivity index (χ3n) is 3.76. The molecule has 1 aliphatic heterocycles. The minimum atomic E-state index is 0.287. The number of carbonyl (C=O) groups excluding carboxylic acids is 1. The van der Waals surface area contributed by atoms with E-state index in [9.17, 15) is 4.79 Å². The predicted octanol–water partition coefficient (Wildman–Crippen LogP) is 2.06. The van der Waals surface area contributed by atoms with Gasteiger partial charge < -0.3 is 9.80 Å². The Balaban J connectivity index is 1.62. The van der Waals surface area contributed by atoms with E-state index in [0.29, 0.717) is 6.42 Å². The molecule has 0 N–H and O–H groups in total. The highest BCUT2D eigenvalue weighted by Crippen LogP contribution is 2.22. The summed E-state index contributed by atoms with van der Waals surface area (Å²) in [6, 6.07) is 10.5. The van der Waals surface area contributed by atoms with Crippen molar-refractivity contribution >= 4 is 11.5 Å². The van der Waals surface area contributed by atoms with Crippen molar-refractivity contribution in [2.45, 2.75) is 12.8 Å². The van der Waals surface area contributed by atoms with Gasteiger partial charge in [-0.15, -0.1) is 0 Å². The molecule has 3 heteroatoms. The number of allylic oxidation sites excluding steroid dienone is 2. The second-order valence-corrected chi connectivity index (χ2v) is 4.91. The third kappa shape index (κ3) is 2.26. The number of nitrogens with zero attached hydrogens (tertiary/aromatic N) is 2. The summed E-state index contributed by atoms with van der Waals surface area (Å²) in [7, 11) is 0. The molecule has 3 rings (SSSR count).